The third kappa shape index (κ3) is 6.35. The van der Waals surface area contributed by atoms with Crippen LogP contribution in [-0.2, 0) is 9.59 Å². The summed E-state index contributed by atoms with van der Waals surface area (Å²) in [7, 11) is 0. The smallest absolute Gasteiger partial charge is 0.475 e. The van der Waals surface area contributed by atoms with Crippen molar-refractivity contribution < 1.29 is 27.9 Å². The highest BCUT2D eigenvalue weighted by atomic mass is 35.5. The fourth-order valence-corrected chi connectivity index (χ4v) is 2.96. The van der Waals surface area contributed by atoms with Crippen LogP contribution in [0.3, 0.4) is 0 Å². The Hall–Kier alpha value is -2.39. The second kappa shape index (κ2) is 9.20. The maximum Gasteiger partial charge on any atom is 0.490 e. The fraction of sp³-hybridized carbons (Fsp3) is 0.389. The van der Waals surface area contributed by atoms with Gasteiger partial charge in [-0.3, -0.25) is 4.79 Å². The Kier molecular flexibility index (Phi) is 7.20. The molecule has 0 atom stereocenters. The molecule has 1 aromatic carbocycles. The fourth-order valence-electron chi connectivity index (χ4n) is 2.78. The summed E-state index contributed by atoms with van der Waals surface area (Å²) in [6.45, 7) is 0. The van der Waals surface area contributed by atoms with Crippen molar-refractivity contribution in [2.75, 3.05) is 5.32 Å². The van der Waals surface area contributed by atoms with Gasteiger partial charge in [0.2, 0.25) is 5.91 Å². The minimum absolute atomic E-state index is 0.0442. The van der Waals surface area contributed by atoms with E-state index in [1.807, 2.05) is 24.3 Å². The first-order chi connectivity index (χ1) is 13.1. The number of hydrogen-bond acceptors (Lipinski definition) is 4. The molecule has 0 aliphatic heterocycles. The Balaban J connectivity index is 0.000000345. The second-order valence-electron chi connectivity index (χ2n) is 6.44. The summed E-state index contributed by atoms with van der Waals surface area (Å²) in [4.78, 5) is 25.6. The highest BCUT2D eigenvalue weighted by Gasteiger charge is 2.38. The van der Waals surface area contributed by atoms with Gasteiger partial charge in [0.1, 0.15) is 5.82 Å². The van der Waals surface area contributed by atoms with E-state index < -0.39 is 12.1 Å². The molecule has 1 aromatic heterocycles. The summed E-state index contributed by atoms with van der Waals surface area (Å²) in [6, 6.07) is 9.49. The Labute approximate surface area is 163 Å². The zero-order valence-electron chi connectivity index (χ0n) is 14.7. The number of pyridine rings is 1. The zero-order valence-corrected chi connectivity index (χ0v) is 15.4. The number of nitrogens with two attached hydrogens (primary N) is 1. The number of nitrogens with zero attached hydrogens (tertiary/aromatic N) is 1. The number of halogens is 4. The van der Waals surface area contributed by atoms with E-state index in [1.54, 1.807) is 6.07 Å². The van der Waals surface area contributed by atoms with Gasteiger partial charge >= 0.3 is 12.1 Å². The Morgan fingerprint density at radius 1 is 1.14 bits per heavy atom. The van der Waals surface area contributed by atoms with Crippen LogP contribution in [0.2, 0.25) is 5.02 Å². The molecule has 1 heterocycles. The largest absolute Gasteiger partial charge is 0.490 e. The summed E-state index contributed by atoms with van der Waals surface area (Å²) < 4.78 is 31.7. The van der Waals surface area contributed by atoms with E-state index in [1.165, 1.54) is 0 Å². The lowest BCUT2D eigenvalue weighted by Crippen LogP contribution is -2.32. The van der Waals surface area contributed by atoms with Crippen molar-refractivity contribution in [3.8, 4) is 0 Å². The number of aliphatic carboxylic acids is 1. The molecule has 1 aliphatic rings. The van der Waals surface area contributed by atoms with Crippen molar-refractivity contribution in [2.45, 2.75) is 37.9 Å². The molecule has 0 bridgehead atoms. The van der Waals surface area contributed by atoms with Crippen molar-refractivity contribution in [3.63, 3.8) is 0 Å². The lowest BCUT2D eigenvalue weighted by molar-refractivity contribution is -0.192. The van der Waals surface area contributed by atoms with E-state index in [9.17, 15) is 18.0 Å². The van der Waals surface area contributed by atoms with Gasteiger partial charge in [-0.15, -0.1) is 0 Å². The number of anilines is 1. The van der Waals surface area contributed by atoms with Gasteiger partial charge in [-0.2, -0.15) is 13.2 Å². The van der Waals surface area contributed by atoms with Crippen molar-refractivity contribution in [3.05, 3.63) is 35.4 Å². The number of carboxylic acid groups (broad SMARTS) is 1. The highest BCUT2D eigenvalue weighted by Crippen LogP contribution is 2.25. The molecule has 1 aliphatic carbocycles. The molecule has 1 fully saturated rings. The molecule has 4 N–H and O–H groups in total. The number of aromatic nitrogens is 1. The van der Waals surface area contributed by atoms with Gasteiger partial charge in [0.15, 0.2) is 0 Å². The number of hydrogen-bond donors (Lipinski definition) is 3. The van der Waals surface area contributed by atoms with Gasteiger partial charge in [-0.1, -0.05) is 11.6 Å². The third-order valence-corrected chi connectivity index (χ3v) is 4.52. The molecule has 28 heavy (non-hydrogen) atoms. The van der Waals surface area contributed by atoms with Gasteiger partial charge in [0, 0.05) is 22.4 Å². The van der Waals surface area contributed by atoms with E-state index in [2.05, 4.69) is 10.3 Å². The first-order valence-electron chi connectivity index (χ1n) is 8.49. The van der Waals surface area contributed by atoms with Crippen molar-refractivity contribution >= 4 is 40.2 Å². The standard InChI is InChI=1S/C16H18ClN3O.C2HF3O2/c17-12-4-7-14-11(9-12)3-8-15(19-14)20-16(21)10-1-5-13(18)6-2-10;3-2(4,5)1(6)7/h3-4,7-10,13H,1-2,5-6,18H2,(H,19,20,21);(H,6,7)/t10-,13-;. The number of carbonyl (C=O) groups is 2. The predicted molar refractivity (Wildman–Crippen MR) is 99.0 cm³/mol. The summed E-state index contributed by atoms with van der Waals surface area (Å²) in [5.74, 6) is -2.08. The average Bonchev–Trinajstić information content (AvgIpc) is 2.62. The first kappa shape index (κ1) is 21.9. The number of carboxylic acids is 1. The minimum atomic E-state index is -5.08. The van der Waals surface area contributed by atoms with E-state index in [-0.39, 0.29) is 17.9 Å². The monoisotopic (exact) mass is 417 g/mol. The molecule has 1 saturated carbocycles. The molecule has 6 nitrogen and oxygen atoms in total. The number of nitrogens with one attached hydrogen (secondary N) is 1. The molecular formula is C18H19ClF3N3O3. The number of fused-ring (bicyclic) bond motifs is 1. The zero-order chi connectivity index (χ0) is 20.9. The van der Waals surface area contributed by atoms with Gasteiger partial charge in [-0.25, -0.2) is 9.78 Å². The Morgan fingerprint density at radius 2 is 1.75 bits per heavy atom. The quantitative estimate of drug-likeness (QED) is 0.685. The number of carbonyl (C=O) groups excluding carboxylic acids is 1. The van der Waals surface area contributed by atoms with Crippen molar-refractivity contribution in [1.29, 1.82) is 0 Å². The van der Waals surface area contributed by atoms with Gasteiger partial charge in [0.05, 0.1) is 5.52 Å². The topological polar surface area (TPSA) is 105 Å². The van der Waals surface area contributed by atoms with Crippen LogP contribution in [0.25, 0.3) is 10.9 Å². The Bertz CT molecular complexity index is 853. The van der Waals surface area contributed by atoms with Crippen LogP contribution in [0.4, 0.5) is 19.0 Å². The van der Waals surface area contributed by atoms with E-state index in [0.29, 0.717) is 10.8 Å². The van der Waals surface area contributed by atoms with Crippen LogP contribution in [0.15, 0.2) is 30.3 Å². The molecule has 10 heteroatoms. The van der Waals surface area contributed by atoms with Gasteiger partial charge in [-0.05, 0) is 56.0 Å². The maximum atomic E-state index is 12.3. The number of benzene rings is 1. The highest BCUT2D eigenvalue weighted by molar-refractivity contribution is 6.31. The molecule has 1 amide bonds. The number of alkyl halides is 3. The molecular weight excluding hydrogens is 399 g/mol. The van der Waals surface area contributed by atoms with Crippen LogP contribution in [0, 0.1) is 5.92 Å². The van der Waals surface area contributed by atoms with E-state index in [0.717, 1.165) is 36.6 Å². The normalized spacial score (nSPS) is 19.5. The molecule has 0 radical (unpaired) electrons. The minimum Gasteiger partial charge on any atom is -0.475 e. The maximum absolute atomic E-state index is 12.3. The van der Waals surface area contributed by atoms with Crippen molar-refractivity contribution in [2.24, 2.45) is 11.7 Å². The lowest BCUT2D eigenvalue weighted by atomic mass is 9.86. The van der Waals surface area contributed by atoms with Crippen LogP contribution >= 0.6 is 11.6 Å². The first-order valence-corrected chi connectivity index (χ1v) is 8.87. The summed E-state index contributed by atoms with van der Waals surface area (Å²) in [6.07, 6.45) is -1.53. The summed E-state index contributed by atoms with van der Waals surface area (Å²) in [5, 5.41) is 11.7. The summed E-state index contributed by atoms with van der Waals surface area (Å²) >= 11 is 5.95. The van der Waals surface area contributed by atoms with Crippen LogP contribution in [0.1, 0.15) is 25.7 Å². The number of rotatable bonds is 2. The van der Waals surface area contributed by atoms with Crippen LogP contribution < -0.4 is 11.1 Å². The van der Waals surface area contributed by atoms with Gasteiger partial charge < -0.3 is 16.2 Å². The average molecular weight is 418 g/mol. The SMILES string of the molecule is N[C@H]1CC[C@H](C(=O)Nc2ccc3cc(Cl)ccc3n2)CC1.O=C(O)C(F)(F)F. The molecule has 3 rings (SSSR count). The van der Waals surface area contributed by atoms with Crippen molar-refractivity contribution in [1.82, 2.24) is 4.98 Å². The Morgan fingerprint density at radius 3 is 2.32 bits per heavy atom. The van der Waals surface area contributed by atoms with E-state index in [4.69, 9.17) is 27.2 Å². The second-order valence-corrected chi connectivity index (χ2v) is 6.87. The lowest BCUT2D eigenvalue weighted by Gasteiger charge is -2.24. The summed E-state index contributed by atoms with van der Waals surface area (Å²) in [5.41, 5.74) is 6.69. The van der Waals surface area contributed by atoms with E-state index >= 15 is 0 Å². The molecule has 2 aromatic rings. The molecule has 152 valence electrons. The third-order valence-electron chi connectivity index (χ3n) is 4.29. The molecule has 0 spiro atoms. The van der Waals surface area contributed by atoms with Crippen LogP contribution in [-0.4, -0.2) is 34.2 Å². The molecule has 0 unspecified atom stereocenters. The molecule has 0 saturated heterocycles. The predicted octanol–water partition coefficient (Wildman–Crippen LogP) is 3.98. The number of amides is 1. The van der Waals surface area contributed by atoms with Gasteiger partial charge in [0.25, 0.3) is 0 Å². The van der Waals surface area contributed by atoms with Crippen LogP contribution in [0.5, 0.6) is 0 Å².